The highest BCUT2D eigenvalue weighted by Crippen LogP contribution is 2.37. The average molecular weight is 383 g/mol. The van der Waals surface area contributed by atoms with Crippen LogP contribution in [0, 0.1) is 0 Å². The topological polar surface area (TPSA) is 91.2 Å². The van der Waals surface area contributed by atoms with Gasteiger partial charge < -0.3 is 14.8 Å². The number of benzene rings is 1. The van der Waals surface area contributed by atoms with Gasteiger partial charge in [0.25, 0.3) is 5.91 Å². The van der Waals surface area contributed by atoms with Gasteiger partial charge in [-0.1, -0.05) is 12.1 Å². The molecule has 27 heavy (non-hydrogen) atoms. The smallest absolute Gasteiger partial charge is 0.254 e. The van der Waals surface area contributed by atoms with E-state index in [-0.39, 0.29) is 12.0 Å². The number of tetrazole rings is 1. The van der Waals surface area contributed by atoms with Crippen molar-refractivity contribution in [2.45, 2.75) is 25.4 Å². The highest BCUT2D eigenvalue weighted by molar-refractivity contribution is 7.15. The Bertz CT molecular complexity index is 985. The predicted octanol–water partition coefficient (Wildman–Crippen LogP) is 1.78. The summed E-state index contributed by atoms with van der Waals surface area (Å²) >= 11 is 1.59. The SMILES string of the molecule is O=C(NC[C@H]1COc2ccccc2O1)c1c(-n2cnnn2)sc2c1CCC2. The Kier molecular flexibility index (Phi) is 4.01. The molecular formula is C18H17N5O3S. The predicted molar refractivity (Wildman–Crippen MR) is 97.7 cm³/mol. The third-order valence-electron chi connectivity index (χ3n) is 4.74. The first-order valence-corrected chi connectivity index (χ1v) is 9.66. The second-order valence-electron chi connectivity index (χ2n) is 6.50. The molecule has 1 amide bonds. The number of carbonyl (C=O) groups excluding carboxylic acids is 1. The van der Waals surface area contributed by atoms with Crippen molar-refractivity contribution in [3.63, 3.8) is 0 Å². The molecule has 1 aliphatic carbocycles. The fraction of sp³-hybridized carbons (Fsp3) is 0.333. The zero-order chi connectivity index (χ0) is 18.2. The lowest BCUT2D eigenvalue weighted by atomic mass is 10.1. The molecule has 9 heteroatoms. The summed E-state index contributed by atoms with van der Waals surface area (Å²) < 4.78 is 13.2. The van der Waals surface area contributed by atoms with E-state index in [0.29, 0.717) is 24.5 Å². The molecule has 0 unspecified atom stereocenters. The van der Waals surface area contributed by atoms with Gasteiger partial charge in [-0.2, -0.15) is 4.68 Å². The Labute approximate surface area is 159 Å². The molecule has 8 nitrogen and oxygen atoms in total. The molecule has 0 saturated carbocycles. The largest absolute Gasteiger partial charge is 0.486 e. The highest BCUT2D eigenvalue weighted by Gasteiger charge is 2.29. The Morgan fingerprint density at radius 1 is 1.30 bits per heavy atom. The van der Waals surface area contributed by atoms with Gasteiger partial charge in [0.15, 0.2) is 11.5 Å². The molecule has 1 N–H and O–H groups in total. The zero-order valence-electron chi connectivity index (χ0n) is 14.4. The normalized spacial score (nSPS) is 17.6. The van der Waals surface area contributed by atoms with Crippen molar-refractivity contribution in [1.29, 1.82) is 0 Å². The van der Waals surface area contributed by atoms with Crippen LogP contribution in [0.15, 0.2) is 30.6 Å². The van der Waals surface area contributed by atoms with Crippen molar-refractivity contribution >= 4 is 17.2 Å². The van der Waals surface area contributed by atoms with Crippen molar-refractivity contribution in [3.8, 4) is 16.5 Å². The van der Waals surface area contributed by atoms with E-state index >= 15 is 0 Å². The molecule has 0 fully saturated rings. The number of aromatic nitrogens is 4. The van der Waals surface area contributed by atoms with Crippen LogP contribution < -0.4 is 14.8 Å². The van der Waals surface area contributed by atoms with Crippen LogP contribution in [-0.4, -0.2) is 45.4 Å². The van der Waals surface area contributed by atoms with E-state index in [2.05, 4.69) is 20.8 Å². The van der Waals surface area contributed by atoms with Gasteiger partial charge in [-0.05, 0) is 47.4 Å². The number of hydrogen-bond donors (Lipinski definition) is 1. The summed E-state index contributed by atoms with van der Waals surface area (Å²) in [6, 6.07) is 7.54. The second-order valence-corrected chi connectivity index (χ2v) is 7.58. The fourth-order valence-electron chi connectivity index (χ4n) is 3.50. The summed E-state index contributed by atoms with van der Waals surface area (Å²) in [6.45, 7) is 0.770. The molecule has 138 valence electrons. The van der Waals surface area contributed by atoms with Crippen molar-refractivity contribution in [2.75, 3.05) is 13.2 Å². The number of amides is 1. The molecule has 1 aromatic carbocycles. The molecule has 0 radical (unpaired) electrons. The number of aryl methyl sites for hydroxylation is 1. The quantitative estimate of drug-likeness (QED) is 0.739. The standard InChI is InChI=1S/C18H17N5O3S/c24-17(19-8-11-9-25-13-5-1-2-6-14(13)26-11)16-12-4-3-7-15(12)27-18(16)23-10-20-21-22-23/h1-2,5-6,10-11H,3-4,7-9H2,(H,19,24)/t11-/m0/s1. The highest BCUT2D eigenvalue weighted by atomic mass is 32.1. The molecule has 0 saturated heterocycles. The van der Waals surface area contributed by atoms with Gasteiger partial charge in [0.1, 0.15) is 24.0 Å². The van der Waals surface area contributed by atoms with Gasteiger partial charge in [0.2, 0.25) is 0 Å². The third kappa shape index (κ3) is 2.93. The monoisotopic (exact) mass is 383 g/mol. The van der Waals surface area contributed by atoms with Gasteiger partial charge in [-0.3, -0.25) is 4.79 Å². The molecule has 2 aliphatic rings. The summed E-state index contributed by atoms with van der Waals surface area (Å²) in [5, 5.41) is 15.1. The van der Waals surface area contributed by atoms with E-state index in [4.69, 9.17) is 9.47 Å². The fourth-order valence-corrected chi connectivity index (χ4v) is 4.80. The van der Waals surface area contributed by atoms with Crippen molar-refractivity contribution in [2.24, 2.45) is 0 Å². The number of nitrogens with one attached hydrogen (secondary N) is 1. The van der Waals surface area contributed by atoms with E-state index < -0.39 is 0 Å². The lowest BCUT2D eigenvalue weighted by molar-refractivity contribution is 0.0789. The van der Waals surface area contributed by atoms with Crippen LogP contribution in [0.1, 0.15) is 27.2 Å². The summed E-state index contributed by atoms with van der Waals surface area (Å²) in [7, 11) is 0. The minimum absolute atomic E-state index is 0.123. The minimum Gasteiger partial charge on any atom is -0.486 e. The second kappa shape index (κ2) is 6.66. The van der Waals surface area contributed by atoms with Crippen molar-refractivity contribution < 1.29 is 14.3 Å². The van der Waals surface area contributed by atoms with Crippen LogP contribution in [0.25, 0.3) is 5.00 Å². The third-order valence-corrected chi connectivity index (χ3v) is 6.03. The van der Waals surface area contributed by atoms with Crippen LogP contribution in [0.2, 0.25) is 0 Å². The van der Waals surface area contributed by atoms with Crippen LogP contribution in [0.3, 0.4) is 0 Å². The summed E-state index contributed by atoms with van der Waals surface area (Å²) in [6.07, 6.45) is 4.28. The van der Waals surface area contributed by atoms with Crippen LogP contribution in [-0.2, 0) is 12.8 Å². The van der Waals surface area contributed by atoms with E-state index in [9.17, 15) is 4.79 Å². The number of ether oxygens (including phenoxy) is 2. The number of carbonyl (C=O) groups is 1. The average Bonchev–Trinajstić information content (AvgIpc) is 3.42. The van der Waals surface area contributed by atoms with E-state index in [1.807, 2.05) is 24.3 Å². The number of nitrogens with zero attached hydrogens (tertiary/aromatic N) is 4. The molecule has 1 aliphatic heterocycles. The van der Waals surface area contributed by atoms with E-state index in [1.165, 1.54) is 11.2 Å². The van der Waals surface area contributed by atoms with E-state index in [0.717, 1.165) is 35.6 Å². The maximum Gasteiger partial charge on any atom is 0.254 e. The molecule has 0 spiro atoms. The Morgan fingerprint density at radius 2 is 2.19 bits per heavy atom. The number of fused-ring (bicyclic) bond motifs is 2. The van der Waals surface area contributed by atoms with Crippen molar-refractivity contribution in [1.82, 2.24) is 25.5 Å². The number of para-hydroxylation sites is 2. The van der Waals surface area contributed by atoms with Gasteiger partial charge in [-0.25, -0.2) is 0 Å². The van der Waals surface area contributed by atoms with Crippen LogP contribution >= 0.6 is 11.3 Å². The summed E-state index contributed by atoms with van der Waals surface area (Å²) in [5.41, 5.74) is 1.80. The van der Waals surface area contributed by atoms with Gasteiger partial charge >= 0.3 is 0 Å². The van der Waals surface area contributed by atoms with Crippen LogP contribution in [0.4, 0.5) is 0 Å². The Hall–Kier alpha value is -2.94. The van der Waals surface area contributed by atoms with Gasteiger partial charge in [-0.15, -0.1) is 16.4 Å². The zero-order valence-corrected chi connectivity index (χ0v) is 15.2. The van der Waals surface area contributed by atoms with Gasteiger partial charge in [0.05, 0.1) is 12.1 Å². The lowest BCUT2D eigenvalue weighted by Gasteiger charge is -2.26. The molecular weight excluding hydrogens is 366 g/mol. The number of rotatable bonds is 4. The molecule has 5 rings (SSSR count). The summed E-state index contributed by atoms with van der Waals surface area (Å²) in [4.78, 5) is 14.2. The molecule has 2 aromatic heterocycles. The molecule has 0 bridgehead atoms. The maximum absolute atomic E-state index is 13.0. The Morgan fingerprint density at radius 3 is 3.04 bits per heavy atom. The Balaban J connectivity index is 1.34. The maximum atomic E-state index is 13.0. The number of hydrogen-bond acceptors (Lipinski definition) is 7. The summed E-state index contributed by atoms with van der Waals surface area (Å²) in [5.74, 6) is 1.31. The number of thiophene rings is 1. The minimum atomic E-state index is -0.230. The first-order valence-electron chi connectivity index (χ1n) is 8.84. The first kappa shape index (κ1) is 16.2. The lowest BCUT2D eigenvalue weighted by Crippen LogP contribution is -2.41. The first-order chi connectivity index (χ1) is 13.3. The van der Waals surface area contributed by atoms with Gasteiger partial charge in [0, 0.05) is 4.88 Å². The van der Waals surface area contributed by atoms with Crippen LogP contribution in [0.5, 0.6) is 11.5 Å². The molecule has 1 atom stereocenters. The van der Waals surface area contributed by atoms with E-state index in [1.54, 1.807) is 16.0 Å². The van der Waals surface area contributed by atoms with Crippen molar-refractivity contribution in [3.05, 3.63) is 46.6 Å². The molecule has 3 heterocycles. The molecule has 3 aromatic rings.